The molecule has 0 bridgehead atoms. The number of nitrogens with one attached hydrogen (secondary N) is 2. The van der Waals surface area contributed by atoms with Gasteiger partial charge in [0.1, 0.15) is 12.4 Å². The molecule has 3 rings (SSSR count). The summed E-state index contributed by atoms with van der Waals surface area (Å²) in [4.78, 5) is 0. The van der Waals surface area contributed by atoms with Crippen LogP contribution in [0.5, 0.6) is 5.75 Å². The van der Waals surface area contributed by atoms with E-state index in [0.29, 0.717) is 11.7 Å². The highest BCUT2D eigenvalue weighted by Crippen LogP contribution is 2.17. The van der Waals surface area contributed by atoms with E-state index in [-0.39, 0.29) is 0 Å². The zero-order valence-electron chi connectivity index (χ0n) is 11.5. The lowest BCUT2D eigenvalue weighted by molar-refractivity contribution is 0.306. The quantitative estimate of drug-likeness (QED) is 0.850. The minimum absolute atomic E-state index is 0.574. The van der Waals surface area contributed by atoms with Crippen LogP contribution in [0.2, 0.25) is 0 Å². The lowest BCUT2D eigenvalue weighted by Crippen LogP contribution is -2.19. The summed E-state index contributed by atoms with van der Waals surface area (Å²) in [5, 5.41) is 6.87. The molecule has 2 N–H and O–H groups in total. The van der Waals surface area contributed by atoms with Crippen molar-refractivity contribution >= 4 is 23.4 Å². The Morgan fingerprint density at radius 3 is 2.71 bits per heavy atom. The van der Waals surface area contributed by atoms with E-state index in [1.165, 1.54) is 0 Å². The predicted octanol–water partition coefficient (Wildman–Crippen LogP) is 3.08. The summed E-state index contributed by atoms with van der Waals surface area (Å²) >= 11 is 5.05. The number of benzene rings is 2. The predicted molar refractivity (Wildman–Crippen MR) is 88.9 cm³/mol. The normalized spacial score (nSPS) is 15.6. The van der Waals surface area contributed by atoms with Gasteiger partial charge in [-0.2, -0.15) is 0 Å². The Labute approximate surface area is 129 Å². The molecule has 0 aliphatic carbocycles. The summed E-state index contributed by atoms with van der Waals surface area (Å²) in [5.74, 6) is 0.863. The van der Waals surface area contributed by atoms with E-state index in [2.05, 4.69) is 28.8 Å². The van der Waals surface area contributed by atoms with E-state index in [0.717, 1.165) is 29.1 Å². The fourth-order valence-corrected chi connectivity index (χ4v) is 2.34. The average Bonchev–Trinajstić information content (AvgIpc) is 2.92. The second-order valence-corrected chi connectivity index (χ2v) is 5.23. The molecular formula is C17H16N2OS. The van der Waals surface area contributed by atoms with Gasteiger partial charge >= 0.3 is 0 Å². The zero-order valence-corrected chi connectivity index (χ0v) is 12.3. The number of thiocarbonyl (C=S) groups is 1. The van der Waals surface area contributed by atoms with Gasteiger partial charge < -0.3 is 15.4 Å². The molecule has 1 heterocycles. The van der Waals surface area contributed by atoms with Gasteiger partial charge in [0.25, 0.3) is 0 Å². The maximum Gasteiger partial charge on any atom is 0.170 e. The molecule has 0 atom stereocenters. The molecule has 2 aromatic carbocycles. The Kier molecular flexibility index (Phi) is 4.17. The maximum absolute atomic E-state index is 5.83. The second-order valence-electron chi connectivity index (χ2n) is 4.82. The van der Waals surface area contributed by atoms with Crippen LogP contribution in [0.4, 0.5) is 0 Å². The molecule has 0 unspecified atom stereocenters. The van der Waals surface area contributed by atoms with Crippen molar-refractivity contribution in [2.24, 2.45) is 0 Å². The molecule has 1 aliphatic heterocycles. The van der Waals surface area contributed by atoms with Gasteiger partial charge in [-0.05, 0) is 41.6 Å². The third kappa shape index (κ3) is 3.83. The van der Waals surface area contributed by atoms with Crippen molar-refractivity contribution in [1.82, 2.24) is 10.6 Å². The first-order valence-corrected chi connectivity index (χ1v) is 7.23. The summed E-state index contributed by atoms with van der Waals surface area (Å²) in [6.45, 7) is 1.32. The average molecular weight is 296 g/mol. The van der Waals surface area contributed by atoms with Crippen LogP contribution in [0.1, 0.15) is 11.1 Å². The topological polar surface area (TPSA) is 33.3 Å². The molecule has 1 aliphatic rings. The molecule has 4 heteroatoms. The van der Waals surface area contributed by atoms with E-state index in [1.807, 2.05) is 42.5 Å². The number of hydrogen-bond acceptors (Lipinski definition) is 2. The van der Waals surface area contributed by atoms with Crippen molar-refractivity contribution in [1.29, 1.82) is 0 Å². The number of rotatable bonds is 4. The fourth-order valence-electron chi connectivity index (χ4n) is 2.13. The molecule has 0 aromatic heterocycles. The van der Waals surface area contributed by atoms with Crippen LogP contribution >= 0.6 is 12.2 Å². The van der Waals surface area contributed by atoms with Gasteiger partial charge in [-0.1, -0.05) is 42.5 Å². The van der Waals surface area contributed by atoms with Crippen LogP contribution < -0.4 is 15.4 Å². The molecular weight excluding hydrogens is 280 g/mol. The van der Waals surface area contributed by atoms with Crippen LogP contribution in [0, 0.1) is 0 Å². The highest BCUT2D eigenvalue weighted by molar-refractivity contribution is 7.80. The zero-order chi connectivity index (χ0) is 14.5. The van der Waals surface area contributed by atoms with E-state index in [4.69, 9.17) is 17.0 Å². The molecule has 0 radical (unpaired) electrons. The largest absolute Gasteiger partial charge is 0.489 e. The van der Waals surface area contributed by atoms with Crippen LogP contribution in [0.3, 0.4) is 0 Å². The molecule has 0 spiro atoms. The summed E-state index contributed by atoms with van der Waals surface area (Å²) < 4.78 is 5.83. The van der Waals surface area contributed by atoms with Crippen molar-refractivity contribution < 1.29 is 4.74 Å². The van der Waals surface area contributed by atoms with E-state index >= 15 is 0 Å². The van der Waals surface area contributed by atoms with E-state index in [9.17, 15) is 0 Å². The van der Waals surface area contributed by atoms with E-state index in [1.54, 1.807) is 0 Å². The summed E-state index contributed by atoms with van der Waals surface area (Å²) in [6, 6.07) is 18.2. The molecule has 1 fully saturated rings. The first-order chi connectivity index (χ1) is 10.3. The Morgan fingerprint density at radius 1 is 1.10 bits per heavy atom. The highest BCUT2D eigenvalue weighted by atomic mass is 32.1. The first kappa shape index (κ1) is 13.6. The molecule has 21 heavy (non-hydrogen) atoms. The minimum atomic E-state index is 0.574. The third-order valence-electron chi connectivity index (χ3n) is 3.16. The molecule has 106 valence electrons. The van der Waals surface area contributed by atoms with Gasteiger partial charge in [0.2, 0.25) is 0 Å². The standard InChI is InChI=1S/C17H16N2OS/c21-17-18-11-15(19-17)9-14-7-4-8-16(10-14)20-12-13-5-2-1-3-6-13/h1-10H,11-12H2,(H2,18,19,21)/b15-9-. The second kappa shape index (κ2) is 6.41. The van der Waals surface area contributed by atoms with E-state index < -0.39 is 0 Å². The maximum atomic E-state index is 5.83. The van der Waals surface area contributed by atoms with Crippen LogP contribution in [0.25, 0.3) is 6.08 Å². The highest BCUT2D eigenvalue weighted by Gasteiger charge is 2.09. The van der Waals surface area contributed by atoms with Crippen molar-refractivity contribution in [3.63, 3.8) is 0 Å². The van der Waals surface area contributed by atoms with Gasteiger partial charge in [0.05, 0.1) is 6.54 Å². The fraction of sp³-hybridized carbons (Fsp3) is 0.118. The van der Waals surface area contributed by atoms with Crippen molar-refractivity contribution in [3.05, 3.63) is 71.4 Å². The Morgan fingerprint density at radius 2 is 1.95 bits per heavy atom. The van der Waals surface area contributed by atoms with Crippen LogP contribution in [-0.4, -0.2) is 11.7 Å². The van der Waals surface area contributed by atoms with Gasteiger partial charge in [-0.25, -0.2) is 0 Å². The van der Waals surface area contributed by atoms with Crippen LogP contribution in [0.15, 0.2) is 60.3 Å². The summed E-state index contributed by atoms with van der Waals surface area (Å²) in [5.41, 5.74) is 3.32. The van der Waals surface area contributed by atoms with Crippen molar-refractivity contribution in [2.45, 2.75) is 6.61 Å². The Balaban J connectivity index is 1.67. The Hall–Kier alpha value is -2.33. The lowest BCUT2D eigenvalue weighted by atomic mass is 10.2. The third-order valence-corrected chi connectivity index (χ3v) is 3.41. The molecule has 0 saturated carbocycles. The van der Waals surface area contributed by atoms with Gasteiger partial charge in [0, 0.05) is 5.70 Å². The van der Waals surface area contributed by atoms with Gasteiger partial charge in [-0.3, -0.25) is 0 Å². The van der Waals surface area contributed by atoms with Gasteiger partial charge in [0.15, 0.2) is 5.11 Å². The minimum Gasteiger partial charge on any atom is -0.489 e. The summed E-state index contributed by atoms with van der Waals surface area (Å²) in [6.07, 6.45) is 2.07. The molecule has 0 amide bonds. The lowest BCUT2D eigenvalue weighted by Gasteiger charge is -2.07. The van der Waals surface area contributed by atoms with Crippen LogP contribution in [-0.2, 0) is 6.61 Å². The van der Waals surface area contributed by atoms with Crippen molar-refractivity contribution in [3.8, 4) is 5.75 Å². The molecule has 1 saturated heterocycles. The van der Waals surface area contributed by atoms with Gasteiger partial charge in [-0.15, -0.1) is 0 Å². The Bertz CT molecular complexity index is 668. The SMILES string of the molecule is S=C1NC/C(=C/c2cccc(OCc3ccccc3)c2)N1. The first-order valence-electron chi connectivity index (χ1n) is 6.82. The monoisotopic (exact) mass is 296 g/mol. The summed E-state index contributed by atoms with van der Waals surface area (Å²) in [7, 11) is 0. The molecule has 3 nitrogen and oxygen atoms in total. The molecule has 2 aromatic rings. The smallest absolute Gasteiger partial charge is 0.170 e. The number of hydrogen-bond donors (Lipinski definition) is 2. The number of ether oxygens (including phenoxy) is 1. The van der Waals surface area contributed by atoms with Crippen molar-refractivity contribution in [2.75, 3.05) is 6.54 Å².